The molecule has 23 heavy (non-hydrogen) atoms. The minimum absolute atomic E-state index is 0. The van der Waals surface area contributed by atoms with Gasteiger partial charge in [-0.3, -0.25) is 0 Å². The maximum Gasteiger partial charge on any atom is 0.0181 e. The summed E-state index contributed by atoms with van der Waals surface area (Å²) < 4.78 is 0. The van der Waals surface area contributed by atoms with Gasteiger partial charge in [0.05, 0.1) is 0 Å². The zero-order chi connectivity index (χ0) is 15.7. The molecule has 0 aliphatic heterocycles. The minimum Gasteiger partial charge on any atom is -0.309 e. The first-order valence-electron chi connectivity index (χ1n) is 8.07. The van der Waals surface area contributed by atoms with Crippen LogP contribution >= 0.6 is 12.4 Å². The highest BCUT2D eigenvalue weighted by Gasteiger charge is 2.37. The van der Waals surface area contributed by atoms with Crippen LogP contribution < -0.4 is 0 Å². The number of allylic oxidation sites excluding steroid dienone is 1. The first-order valence-corrected chi connectivity index (χ1v) is 8.07. The summed E-state index contributed by atoms with van der Waals surface area (Å²) in [7, 11) is 4.28. The molecular formula is C21H26ClN. The third-order valence-electron chi connectivity index (χ3n) is 5.01. The Bertz CT molecular complexity index is 704. The van der Waals surface area contributed by atoms with E-state index in [9.17, 15) is 0 Å². The van der Waals surface area contributed by atoms with Crippen molar-refractivity contribution in [2.45, 2.75) is 25.2 Å². The lowest BCUT2D eigenvalue weighted by Gasteiger charge is -2.39. The predicted molar refractivity (Wildman–Crippen MR) is 103 cm³/mol. The van der Waals surface area contributed by atoms with Gasteiger partial charge >= 0.3 is 0 Å². The number of hydrogen-bond acceptors (Lipinski definition) is 1. The number of benzene rings is 2. The van der Waals surface area contributed by atoms with Crippen molar-refractivity contribution >= 4 is 18.0 Å². The van der Waals surface area contributed by atoms with Crippen LogP contribution in [0.1, 0.15) is 30.9 Å². The summed E-state index contributed by atoms with van der Waals surface area (Å²) in [6.07, 6.45) is 2.31. The average molecular weight is 328 g/mol. The fraction of sp³-hybridized carbons (Fsp3) is 0.333. The average Bonchev–Trinajstić information content (AvgIpc) is 2.53. The molecule has 0 saturated carbocycles. The van der Waals surface area contributed by atoms with Gasteiger partial charge in [-0.1, -0.05) is 62.0 Å². The fourth-order valence-electron chi connectivity index (χ4n) is 3.67. The van der Waals surface area contributed by atoms with Gasteiger partial charge in [0.25, 0.3) is 0 Å². The molecule has 0 fully saturated rings. The zero-order valence-corrected chi connectivity index (χ0v) is 15.1. The van der Waals surface area contributed by atoms with Gasteiger partial charge in [-0.2, -0.15) is 0 Å². The van der Waals surface area contributed by atoms with Crippen LogP contribution in [0.3, 0.4) is 0 Å². The Morgan fingerprint density at radius 1 is 0.913 bits per heavy atom. The lowest BCUT2D eigenvalue weighted by molar-refractivity contribution is 0.375. The van der Waals surface area contributed by atoms with Crippen molar-refractivity contribution < 1.29 is 0 Å². The normalized spacial score (nSPS) is 19.0. The van der Waals surface area contributed by atoms with Crippen LogP contribution in [-0.4, -0.2) is 25.5 Å². The minimum atomic E-state index is 0. The topological polar surface area (TPSA) is 3.24 Å². The second-order valence-electron chi connectivity index (χ2n) is 6.81. The lowest BCUT2D eigenvalue weighted by Crippen LogP contribution is -2.29. The molecule has 2 aromatic carbocycles. The molecule has 0 amide bonds. The van der Waals surface area contributed by atoms with Crippen molar-refractivity contribution in [3.63, 3.8) is 0 Å². The molecule has 1 atom stereocenters. The van der Waals surface area contributed by atoms with Gasteiger partial charge in [0, 0.05) is 5.41 Å². The van der Waals surface area contributed by atoms with Crippen molar-refractivity contribution in [1.82, 2.24) is 4.90 Å². The summed E-state index contributed by atoms with van der Waals surface area (Å²) in [4.78, 5) is 2.26. The first kappa shape index (κ1) is 17.8. The Kier molecular flexibility index (Phi) is 5.33. The Morgan fingerprint density at radius 2 is 1.48 bits per heavy atom. The maximum atomic E-state index is 4.49. The van der Waals surface area contributed by atoms with E-state index in [1.54, 1.807) is 0 Å². The predicted octanol–water partition coefficient (Wildman–Crippen LogP) is 5.40. The molecule has 3 rings (SSSR count). The summed E-state index contributed by atoms with van der Waals surface area (Å²) in [5.74, 6) is 0. The molecule has 0 radical (unpaired) electrons. The Morgan fingerprint density at radius 3 is 2.13 bits per heavy atom. The molecule has 1 aliphatic carbocycles. The van der Waals surface area contributed by atoms with E-state index in [0.717, 1.165) is 13.0 Å². The molecule has 1 aliphatic rings. The molecular weight excluding hydrogens is 302 g/mol. The van der Waals surface area contributed by atoms with E-state index < -0.39 is 0 Å². The van der Waals surface area contributed by atoms with Gasteiger partial charge < -0.3 is 4.90 Å². The maximum absolute atomic E-state index is 4.49. The molecule has 0 saturated heterocycles. The Hall–Kier alpha value is -1.57. The van der Waals surface area contributed by atoms with E-state index in [2.05, 4.69) is 81.0 Å². The van der Waals surface area contributed by atoms with E-state index in [-0.39, 0.29) is 17.8 Å². The second kappa shape index (κ2) is 6.90. The number of hydrogen-bond donors (Lipinski definition) is 0. The van der Waals surface area contributed by atoms with Gasteiger partial charge in [0.1, 0.15) is 0 Å². The van der Waals surface area contributed by atoms with E-state index in [0.29, 0.717) is 0 Å². The quantitative estimate of drug-likeness (QED) is 0.726. The van der Waals surface area contributed by atoms with Crippen molar-refractivity contribution in [3.05, 3.63) is 66.2 Å². The highest BCUT2D eigenvalue weighted by Crippen LogP contribution is 2.51. The van der Waals surface area contributed by atoms with Gasteiger partial charge in [-0.05, 0) is 61.3 Å². The van der Waals surface area contributed by atoms with Crippen LogP contribution in [0.2, 0.25) is 0 Å². The summed E-state index contributed by atoms with van der Waals surface area (Å²) in [5.41, 5.74) is 6.73. The number of nitrogens with zero attached hydrogens (tertiary/aromatic N) is 1. The van der Waals surface area contributed by atoms with Crippen molar-refractivity contribution in [2.75, 3.05) is 20.6 Å². The van der Waals surface area contributed by atoms with Crippen LogP contribution in [0, 0.1) is 0 Å². The third-order valence-corrected chi connectivity index (χ3v) is 5.01. The summed E-state index contributed by atoms with van der Waals surface area (Å²) in [5, 5.41) is 0. The van der Waals surface area contributed by atoms with E-state index in [1.165, 1.54) is 34.2 Å². The Balaban J connectivity index is 0.00000192. The molecule has 0 bridgehead atoms. The van der Waals surface area contributed by atoms with Crippen LogP contribution in [0.5, 0.6) is 0 Å². The van der Waals surface area contributed by atoms with Crippen LogP contribution in [0.4, 0.5) is 0 Å². The molecule has 2 heteroatoms. The molecule has 1 nitrogen and oxygen atoms in total. The molecule has 0 N–H and O–H groups in total. The number of halogens is 1. The third kappa shape index (κ3) is 3.08. The highest BCUT2D eigenvalue weighted by molar-refractivity contribution is 5.92. The largest absolute Gasteiger partial charge is 0.309 e. The van der Waals surface area contributed by atoms with Crippen LogP contribution in [0.25, 0.3) is 16.7 Å². The smallest absolute Gasteiger partial charge is 0.0181 e. The van der Waals surface area contributed by atoms with E-state index in [4.69, 9.17) is 0 Å². The van der Waals surface area contributed by atoms with Crippen LogP contribution in [-0.2, 0) is 5.41 Å². The first-order chi connectivity index (χ1) is 10.5. The van der Waals surface area contributed by atoms with Gasteiger partial charge in [0.15, 0.2) is 0 Å². The molecule has 2 aromatic rings. The Labute approximate surface area is 146 Å². The van der Waals surface area contributed by atoms with E-state index in [1.807, 2.05) is 0 Å². The van der Waals surface area contributed by atoms with Gasteiger partial charge in [0.2, 0.25) is 0 Å². The van der Waals surface area contributed by atoms with Crippen molar-refractivity contribution in [3.8, 4) is 11.1 Å². The summed E-state index contributed by atoms with van der Waals surface area (Å²) in [6.45, 7) is 7.97. The number of fused-ring (bicyclic) bond motifs is 3. The summed E-state index contributed by atoms with van der Waals surface area (Å²) in [6, 6.07) is 17.5. The zero-order valence-electron chi connectivity index (χ0n) is 14.3. The van der Waals surface area contributed by atoms with Gasteiger partial charge in [-0.15, -0.1) is 12.4 Å². The molecule has 0 spiro atoms. The second-order valence-corrected chi connectivity index (χ2v) is 6.81. The highest BCUT2D eigenvalue weighted by atomic mass is 35.5. The van der Waals surface area contributed by atoms with E-state index >= 15 is 0 Å². The summed E-state index contributed by atoms with van der Waals surface area (Å²) >= 11 is 0. The molecule has 0 heterocycles. The molecule has 122 valence electrons. The molecule has 0 aromatic heterocycles. The van der Waals surface area contributed by atoms with Gasteiger partial charge in [-0.25, -0.2) is 0 Å². The fourth-order valence-corrected chi connectivity index (χ4v) is 3.67. The standard InChI is InChI=1S/C21H25N.ClH/c1-16-17-10-5-6-11-18(17)19-12-7-8-13-20(19)21(16,2)14-9-15-22(3)4;/h5-8,10-13H,1,9,14-15H2,2-4H3;1H. The van der Waals surface area contributed by atoms with Crippen molar-refractivity contribution in [2.24, 2.45) is 0 Å². The lowest BCUT2D eigenvalue weighted by atomic mass is 9.64. The monoisotopic (exact) mass is 327 g/mol. The molecule has 1 unspecified atom stereocenters. The number of rotatable bonds is 4. The van der Waals surface area contributed by atoms with Crippen molar-refractivity contribution in [1.29, 1.82) is 0 Å². The SMILES string of the molecule is C=C1c2ccccc2-c2ccccc2C1(C)CCCN(C)C.Cl. The van der Waals surface area contributed by atoms with Crippen LogP contribution in [0.15, 0.2) is 55.1 Å².